The van der Waals surface area contributed by atoms with Gasteiger partial charge < -0.3 is 97.3 Å². The predicted octanol–water partition coefficient (Wildman–Crippen LogP) is -2.89. The van der Waals surface area contributed by atoms with Gasteiger partial charge in [-0.3, -0.25) is 47.9 Å². The molecule has 0 saturated carbocycles. The number of carboxylic acids is 2. The van der Waals surface area contributed by atoms with Gasteiger partial charge in [-0.2, -0.15) is 0 Å². The zero-order chi connectivity index (χ0) is 66.7. The summed E-state index contributed by atoms with van der Waals surface area (Å²) in [6, 6.07) is -12.5. The first-order valence-corrected chi connectivity index (χ1v) is 29.4. The first kappa shape index (κ1) is 80.4. The molecule has 0 aromatic carbocycles. The number of aliphatic carboxylic acids is 2. The average molecular weight is 1250 g/mol. The lowest BCUT2D eigenvalue weighted by atomic mass is 9.97. The van der Waals surface area contributed by atoms with E-state index >= 15 is 0 Å². The number of ether oxygens (including phenoxy) is 5. The molecule has 0 radical (unpaired) electrons. The van der Waals surface area contributed by atoms with Crippen molar-refractivity contribution in [3.05, 3.63) is 0 Å². The Kier molecular flexibility index (Phi) is 39.8. The van der Waals surface area contributed by atoms with E-state index < -0.39 is 155 Å². The number of nitrogens with one attached hydrogen (secondary N) is 10. The van der Waals surface area contributed by atoms with E-state index in [1.54, 1.807) is 41.5 Å². The molecule has 0 unspecified atom stereocenters. The normalized spacial score (nSPS) is 16.2. The molecule has 10 amide bonds. The number of amides is 10. The smallest absolute Gasteiger partial charge is 0.326 e. The molecule has 0 fully saturated rings. The first-order valence-electron chi connectivity index (χ1n) is 29.4. The van der Waals surface area contributed by atoms with Crippen molar-refractivity contribution in [2.75, 3.05) is 66.1 Å². The summed E-state index contributed by atoms with van der Waals surface area (Å²) in [5.74, 6) is -11.6. The third kappa shape index (κ3) is 32.2. The summed E-state index contributed by atoms with van der Waals surface area (Å²) in [6.45, 7) is 23.0. The average Bonchev–Trinajstić information content (AvgIpc) is 3.54. The fraction of sp³-hybridized carbons (Fsp3) is 0.786. The lowest BCUT2D eigenvalue weighted by Gasteiger charge is -2.27. The molecule has 0 spiro atoms. The van der Waals surface area contributed by atoms with Crippen molar-refractivity contribution in [3.63, 3.8) is 0 Å². The van der Waals surface area contributed by atoms with E-state index in [2.05, 4.69) is 53.2 Å². The quantitative estimate of drug-likeness (QED) is 0.0272. The van der Waals surface area contributed by atoms with Gasteiger partial charge in [0, 0.05) is 12.8 Å². The topological polar surface area (TPSA) is 452 Å². The summed E-state index contributed by atoms with van der Waals surface area (Å²) < 4.78 is 27.5. The van der Waals surface area contributed by atoms with E-state index in [0.29, 0.717) is 12.8 Å². The van der Waals surface area contributed by atoms with Gasteiger partial charge in [-0.25, -0.2) is 9.59 Å². The maximum absolute atomic E-state index is 13.3. The Hall–Kier alpha value is -6.64. The third-order valence-electron chi connectivity index (χ3n) is 13.7. The highest BCUT2D eigenvalue weighted by molar-refractivity contribution is 5.97. The van der Waals surface area contributed by atoms with Crippen LogP contribution in [0.3, 0.4) is 0 Å². The number of rotatable bonds is 46. The van der Waals surface area contributed by atoms with Gasteiger partial charge >= 0.3 is 11.9 Å². The Bertz CT molecular complexity index is 2060. The summed E-state index contributed by atoms with van der Waals surface area (Å²) in [5.41, 5.74) is 0. The number of carbonyl (C=O) groups excluding carboxylic acids is 10. The number of hydrogen-bond donors (Lipinski definition) is 14. The van der Waals surface area contributed by atoms with Gasteiger partial charge in [-0.15, -0.1) is 0 Å². The van der Waals surface area contributed by atoms with E-state index in [9.17, 15) is 78.0 Å². The van der Waals surface area contributed by atoms with Crippen molar-refractivity contribution in [1.29, 1.82) is 0 Å². The number of aliphatic hydroxyl groups excluding tert-OH is 2. The standard InChI is InChI=1S/C56H100N10O21/c1-15-31(7)43(51(75)57-35(11)49(73)65-45(37(13)67)53(77)59-33(9)47(71)63-41(29(3)4)55(79)80)61-39(69)17-19-83-21-23-85-25-27-87-28-26-86-24-22-84-20-18-40(70)62-44(32(8)16-2)52(76)58-36(12)50(74)66-46(38(14)68)54(78)60-34(10)48(72)64-42(30(5)6)56(81)82/h29-38,41-46,67-68H,15-28H2,1-14H3,(H,57,75)(H,58,76)(H,59,77)(H,60,78)(H,61,69)(H,62,70)(H,63,71)(H,64,72)(H,65,73)(H,66,74)(H,79,80)(H,81,82)/t31-,32-,33-,34-,35-,36-,37+,38+,41-,42-,43-,44-,45-,46-/m0/s1. The predicted molar refractivity (Wildman–Crippen MR) is 313 cm³/mol. The van der Waals surface area contributed by atoms with E-state index in [0.717, 1.165) is 0 Å². The van der Waals surface area contributed by atoms with Gasteiger partial charge in [0.05, 0.1) is 78.3 Å². The fourth-order valence-corrected chi connectivity index (χ4v) is 7.63. The molecule has 0 heterocycles. The molecule has 0 aliphatic carbocycles. The number of aliphatic hydroxyl groups is 2. The zero-order valence-corrected chi connectivity index (χ0v) is 52.9. The summed E-state index contributed by atoms with van der Waals surface area (Å²) in [4.78, 5) is 153. The van der Waals surface area contributed by atoms with Crippen LogP contribution < -0.4 is 53.2 Å². The highest BCUT2D eigenvalue weighted by Crippen LogP contribution is 2.12. The zero-order valence-electron chi connectivity index (χ0n) is 52.9. The molecule has 14 atom stereocenters. The van der Waals surface area contributed by atoms with Crippen molar-refractivity contribution in [3.8, 4) is 0 Å². The lowest BCUT2D eigenvalue weighted by molar-refractivity contribution is -0.144. The van der Waals surface area contributed by atoms with Crippen LogP contribution in [-0.4, -0.2) is 230 Å². The SMILES string of the molecule is CC[C@H](C)[C@H](NC(=O)CCOCCOCCOCCOCCOCCC(=O)N[C@H](C(=O)N[C@@H](C)C(=O)N[C@H](C(=O)N[C@@H](C)C(=O)N[C@H](C(=O)O)C(C)C)[C@@H](C)O)[C@@H](C)CC)C(=O)N[C@@H](C)C(=O)N[C@H](C(=O)N[C@@H](C)C(=O)N[C@H](C(=O)O)C(C)C)[C@@H](C)O. The highest BCUT2D eigenvalue weighted by Gasteiger charge is 2.36. The molecule has 0 aromatic rings. The molecule has 0 bridgehead atoms. The maximum Gasteiger partial charge on any atom is 0.326 e. The Balaban J connectivity index is 4.62. The molecule has 0 aromatic heterocycles. The number of carbonyl (C=O) groups is 12. The lowest BCUT2D eigenvalue weighted by Crippen LogP contribution is -2.60. The van der Waals surface area contributed by atoms with Crippen LogP contribution in [0.2, 0.25) is 0 Å². The van der Waals surface area contributed by atoms with E-state index in [-0.39, 0.29) is 90.7 Å². The number of hydrogen-bond acceptors (Lipinski definition) is 19. The molecule has 0 rings (SSSR count). The van der Waals surface area contributed by atoms with Crippen LogP contribution in [0.25, 0.3) is 0 Å². The highest BCUT2D eigenvalue weighted by atomic mass is 16.6. The molecule has 14 N–H and O–H groups in total. The van der Waals surface area contributed by atoms with Crippen LogP contribution in [-0.2, 0) is 81.2 Å². The molecule has 31 nitrogen and oxygen atoms in total. The van der Waals surface area contributed by atoms with Crippen LogP contribution in [0, 0.1) is 23.7 Å². The van der Waals surface area contributed by atoms with Crippen LogP contribution in [0.5, 0.6) is 0 Å². The Morgan fingerprint density at radius 2 is 0.517 bits per heavy atom. The molecule has 500 valence electrons. The fourth-order valence-electron chi connectivity index (χ4n) is 7.63. The van der Waals surface area contributed by atoms with E-state index in [1.807, 2.05) is 13.8 Å². The second-order valence-corrected chi connectivity index (χ2v) is 21.9. The minimum atomic E-state index is -1.55. The largest absolute Gasteiger partial charge is 0.480 e. The molecule has 31 heteroatoms. The summed E-state index contributed by atoms with van der Waals surface area (Å²) in [6.07, 6.45) is -2.08. The van der Waals surface area contributed by atoms with Crippen LogP contribution in [0.4, 0.5) is 0 Å². The Labute approximate surface area is 509 Å². The van der Waals surface area contributed by atoms with E-state index in [4.69, 9.17) is 23.7 Å². The minimum Gasteiger partial charge on any atom is -0.480 e. The van der Waals surface area contributed by atoms with Gasteiger partial charge in [-0.1, -0.05) is 68.2 Å². The van der Waals surface area contributed by atoms with Crippen LogP contribution in [0.1, 0.15) is 123 Å². The second kappa shape index (κ2) is 43.1. The summed E-state index contributed by atoms with van der Waals surface area (Å²) >= 11 is 0. The number of carboxylic acid groups (broad SMARTS) is 2. The molecule has 0 saturated heterocycles. The van der Waals surface area contributed by atoms with Gasteiger partial charge in [0.25, 0.3) is 0 Å². The van der Waals surface area contributed by atoms with Crippen molar-refractivity contribution < 1.29 is 102 Å². The van der Waals surface area contributed by atoms with Crippen molar-refractivity contribution in [1.82, 2.24) is 53.2 Å². The Morgan fingerprint density at radius 3 is 0.724 bits per heavy atom. The van der Waals surface area contributed by atoms with Gasteiger partial charge in [-0.05, 0) is 65.2 Å². The molecule has 87 heavy (non-hydrogen) atoms. The van der Waals surface area contributed by atoms with Crippen molar-refractivity contribution in [2.45, 2.75) is 195 Å². The Morgan fingerprint density at radius 1 is 0.299 bits per heavy atom. The maximum atomic E-state index is 13.3. The third-order valence-corrected chi connectivity index (χ3v) is 13.7. The van der Waals surface area contributed by atoms with Gasteiger partial charge in [0.2, 0.25) is 59.1 Å². The van der Waals surface area contributed by atoms with Crippen molar-refractivity contribution >= 4 is 71.0 Å². The minimum absolute atomic E-state index is 0.0160. The molecule has 0 aliphatic rings. The van der Waals surface area contributed by atoms with Gasteiger partial charge in [0.1, 0.15) is 60.4 Å². The van der Waals surface area contributed by atoms with Crippen molar-refractivity contribution in [2.24, 2.45) is 23.7 Å². The summed E-state index contributed by atoms with van der Waals surface area (Å²) in [5, 5.41) is 63.8. The van der Waals surface area contributed by atoms with E-state index in [1.165, 1.54) is 41.5 Å². The first-order chi connectivity index (χ1) is 40.7. The van der Waals surface area contributed by atoms with Crippen LogP contribution in [0.15, 0.2) is 0 Å². The van der Waals surface area contributed by atoms with Crippen LogP contribution >= 0.6 is 0 Å². The molecular weight excluding hydrogens is 1150 g/mol. The van der Waals surface area contributed by atoms with Gasteiger partial charge in [0.15, 0.2) is 0 Å². The molecular formula is C56H100N10O21. The monoisotopic (exact) mass is 1250 g/mol. The molecule has 0 aliphatic heterocycles. The second-order valence-electron chi connectivity index (χ2n) is 21.9. The summed E-state index contributed by atoms with van der Waals surface area (Å²) in [7, 11) is 0.